The van der Waals surface area contributed by atoms with Gasteiger partial charge in [0, 0.05) is 18.5 Å². The van der Waals surface area contributed by atoms with Gasteiger partial charge in [0.2, 0.25) is 5.91 Å². The van der Waals surface area contributed by atoms with Crippen LogP contribution in [0.25, 0.3) is 0 Å². The normalized spacial score (nSPS) is 30.7. The number of urea groups is 1. The largest absolute Gasteiger partial charge is 0.350 e. The number of halogens is 2. The summed E-state index contributed by atoms with van der Waals surface area (Å²) in [6, 6.07) is 2.92. The van der Waals surface area contributed by atoms with Crippen LogP contribution in [0.3, 0.4) is 0 Å². The molecule has 0 spiro atoms. The summed E-state index contributed by atoms with van der Waals surface area (Å²) in [5.74, 6) is 0.158. The summed E-state index contributed by atoms with van der Waals surface area (Å²) < 4.78 is 26.4. The first kappa shape index (κ1) is 20.1. The Labute approximate surface area is 170 Å². The molecule has 0 aliphatic heterocycles. The monoisotopic (exact) mass is 405 g/mol. The van der Waals surface area contributed by atoms with Gasteiger partial charge >= 0.3 is 6.03 Å². The van der Waals surface area contributed by atoms with E-state index in [0.29, 0.717) is 5.56 Å². The van der Waals surface area contributed by atoms with Crippen molar-refractivity contribution in [2.24, 2.45) is 17.8 Å². The van der Waals surface area contributed by atoms with Gasteiger partial charge in [0.25, 0.3) is 0 Å². The highest BCUT2D eigenvalue weighted by atomic mass is 19.2. The number of nitrogens with one attached hydrogen (secondary N) is 3. The number of carbonyl (C=O) groups excluding carboxylic acids is 2. The Kier molecular flexibility index (Phi) is 5.49. The lowest BCUT2D eigenvalue weighted by Crippen LogP contribution is -2.61. The van der Waals surface area contributed by atoms with Crippen LogP contribution in [-0.2, 0) is 4.79 Å². The zero-order chi connectivity index (χ0) is 20.6. The molecule has 4 fully saturated rings. The van der Waals surface area contributed by atoms with Gasteiger partial charge in [-0.15, -0.1) is 0 Å². The average Bonchev–Trinajstić information content (AvgIpc) is 2.62. The van der Waals surface area contributed by atoms with E-state index >= 15 is 0 Å². The zero-order valence-electron chi connectivity index (χ0n) is 16.8. The van der Waals surface area contributed by atoms with E-state index in [9.17, 15) is 18.4 Å². The molecule has 4 saturated carbocycles. The second-order valence-electron chi connectivity index (χ2n) is 9.29. The van der Waals surface area contributed by atoms with Crippen LogP contribution in [0.1, 0.15) is 63.5 Å². The van der Waals surface area contributed by atoms with Gasteiger partial charge < -0.3 is 16.0 Å². The molecule has 0 saturated heterocycles. The van der Waals surface area contributed by atoms with Gasteiger partial charge in [-0.3, -0.25) is 4.79 Å². The molecule has 4 aliphatic carbocycles. The predicted octanol–water partition coefficient (Wildman–Crippen LogP) is 3.80. The summed E-state index contributed by atoms with van der Waals surface area (Å²) in [5, 5.41) is 8.76. The first-order valence-corrected chi connectivity index (χ1v) is 10.6. The topological polar surface area (TPSA) is 70.2 Å². The molecular formula is C22H29F2N3O2. The summed E-state index contributed by atoms with van der Waals surface area (Å²) in [6.07, 6.45) is 7.33. The molecule has 1 unspecified atom stereocenters. The minimum atomic E-state index is -0.938. The lowest BCUT2D eigenvalue weighted by molar-refractivity contribution is -0.121. The molecule has 5 rings (SSSR count). The van der Waals surface area contributed by atoms with Crippen molar-refractivity contribution in [3.05, 3.63) is 35.4 Å². The van der Waals surface area contributed by atoms with Gasteiger partial charge in [-0.1, -0.05) is 6.07 Å². The highest BCUT2D eigenvalue weighted by Crippen LogP contribution is 2.55. The minimum Gasteiger partial charge on any atom is -0.350 e. The van der Waals surface area contributed by atoms with Crippen LogP contribution < -0.4 is 16.0 Å². The van der Waals surface area contributed by atoms with E-state index in [1.165, 1.54) is 25.3 Å². The Morgan fingerprint density at radius 1 is 1.07 bits per heavy atom. The fourth-order valence-corrected chi connectivity index (χ4v) is 6.02. The van der Waals surface area contributed by atoms with Crippen molar-refractivity contribution >= 4 is 11.9 Å². The summed E-state index contributed by atoms with van der Waals surface area (Å²) >= 11 is 0. The first-order valence-electron chi connectivity index (χ1n) is 10.6. The number of hydrogen-bond donors (Lipinski definition) is 3. The van der Waals surface area contributed by atoms with Gasteiger partial charge in [0.1, 0.15) is 0 Å². The lowest BCUT2D eigenvalue weighted by atomic mass is 9.53. The second kappa shape index (κ2) is 7.92. The van der Waals surface area contributed by atoms with Gasteiger partial charge in [-0.05, 0) is 80.9 Å². The van der Waals surface area contributed by atoms with Crippen molar-refractivity contribution in [2.75, 3.05) is 6.54 Å². The highest BCUT2D eigenvalue weighted by molar-refractivity contribution is 5.78. The third-order valence-electron chi connectivity index (χ3n) is 6.88. The SMILES string of the molecule is CC(NC(=O)CCNC(=O)NC12CC3CC(CC(C3)C1)C2)c1ccc(F)c(F)c1. The molecule has 0 radical (unpaired) electrons. The molecule has 29 heavy (non-hydrogen) atoms. The molecule has 4 bridgehead atoms. The number of rotatable bonds is 6. The maximum Gasteiger partial charge on any atom is 0.315 e. The summed E-state index contributed by atoms with van der Waals surface area (Å²) in [5.41, 5.74) is 0.437. The van der Waals surface area contributed by atoms with E-state index in [-0.39, 0.29) is 30.4 Å². The first-order chi connectivity index (χ1) is 13.8. The summed E-state index contributed by atoms with van der Waals surface area (Å²) in [7, 11) is 0. The molecular weight excluding hydrogens is 376 g/mol. The van der Waals surface area contributed by atoms with E-state index in [1.54, 1.807) is 6.92 Å². The smallest absolute Gasteiger partial charge is 0.315 e. The number of carbonyl (C=O) groups is 2. The molecule has 1 aromatic rings. The predicted molar refractivity (Wildman–Crippen MR) is 105 cm³/mol. The molecule has 0 aromatic heterocycles. The summed E-state index contributed by atoms with van der Waals surface area (Å²) in [4.78, 5) is 24.5. The molecule has 3 N–H and O–H groups in total. The van der Waals surface area contributed by atoms with Crippen molar-refractivity contribution in [2.45, 2.75) is 63.5 Å². The van der Waals surface area contributed by atoms with E-state index < -0.39 is 17.7 Å². The molecule has 1 atom stereocenters. The van der Waals surface area contributed by atoms with E-state index in [2.05, 4.69) is 16.0 Å². The summed E-state index contributed by atoms with van der Waals surface area (Å²) in [6.45, 7) is 1.94. The van der Waals surface area contributed by atoms with Crippen LogP contribution in [-0.4, -0.2) is 24.0 Å². The molecule has 4 aliphatic rings. The van der Waals surface area contributed by atoms with Gasteiger partial charge in [0.05, 0.1) is 6.04 Å². The van der Waals surface area contributed by atoms with Crippen molar-refractivity contribution in [3.63, 3.8) is 0 Å². The Hall–Kier alpha value is -2.18. The molecule has 5 nitrogen and oxygen atoms in total. The third-order valence-corrected chi connectivity index (χ3v) is 6.88. The van der Waals surface area contributed by atoms with Crippen LogP contribution in [0, 0.1) is 29.4 Å². The fraction of sp³-hybridized carbons (Fsp3) is 0.636. The van der Waals surface area contributed by atoms with E-state index in [0.717, 1.165) is 49.1 Å². The van der Waals surface area contributed by atoms with Crippen LogP contribution in [0.5, 0.6) is 0 Å². The average molecular weight is 405 g/mol. The quantitative estimate of drug-likeness (QED) is 0.674. The van der Waals surface area contributed by atoms with E-state index in [1.807, 2.05) is 0 Å². The number of benzene rings is 1. The number of hydrogen-bond acceptors (Lipinski definition) is 2. The van der Waals surface area contributed by atoms with Crippen LogP contribution in [0.2, 0.25) is 0 Å². The fourth-order valence-electron chi connectivity index (χ4n) is 6.02. The molecule has 1 aromatic carbocycles. The second-order valence-corrected chi connectivity index (χ2v) is 9.29. The maximum absolute atomic E-state index is 13.3. The Morgan fingerprint density at radius 2 is 1.69 bits per heavy atom. The highest BCUT2D eigenvalue weighted by Gasteiger charge is 2.51. The molecule has 0 heterocycles. The van der Waals surface area contributed by atoms with Crippen LogP contribution >= 0.6 is 0 Å². The minimum absolute atomic E-state index is 0.0533. The Balaban J connectivity index is 1.20. The van der Waals surface area contributed by atoms with Gasteiger partial charge in [0.15, 0.2) is 11.6 Å². The van der Waals surface area contributed by atoms with Crippen molar-refractivity contribution in [3.8, 4) is 0 Å². The van der Waals surface area contributed by atoms with Crippen LogP contribution in [0.4, 0.5) is 13.6 Å². The van der Waals surface area contributed by atoms with Gasteiger partial charge in [-0.2, -0.15) is 0 Å². The lowest BCUT2D eigenvalue weighted by Gasteiger charge is -2.56. The zero-order valence-corrected chi connectivity index (χ0v) is 16.8. The Morgan fingerprint density at radius 3 is 2.28 bits per heavy atom. The van der Waals surface area contributed by atoms with Crippen molar-refractivity contribution in [1.29, 1.82) is 0 Å². The molecule has 7 heteroatoms. The number of amides is 3. The third kappa shape index (κ3) is 4.54. The van der Waals surface area contributed by atoms with Gasteiger partial charge in [-0.25, -0.2) is 13.6 Å². The standard InChI is InChI=1S/C22H29F2N3O2/c1-13(17-2-3-18(23)19(24)9-17)26-20(28)4-5-25-21(29)27-22-10-14-6-15(11-22)8-16(7-14)12-22/h2-3,9,13-16H,4-8,10-12H2,1H3,(H,26,28)(H2,25,27,29). The van der Waals surface area contributed by atoms with E-state index in [4.69, 9.17) is 0 Å². The van der Waals surface area contributed by atoms with Crippen molar-refractivity contribution < 1.29 is 18.4 Å². The molecule has 158 valence electrons. The molecule has 3 amide bonds. The maximum atomic E-state index is 13.3. The van der Waals surface area contributed by atoms with Crippen LogP contribution in [0.15, 0.2) is 18.2 Å². The van der Waals surface area contributed by atoms with Crippen molar-refractivity contribution in [1.82, 2.24) is 16.0 Å². The Bertz CT molecular complexity index is 763.